The van der Waals surface area contributed by atoms with Crippen LogP contribution in [0.25, 0.3) is 84.3 Å². The summed E-state index contributed by atoms with van der Waals surface area (Å²) in [5, 5.41) is 3.48. The third kappa shape index (κ3) is 17.4. The van der Waals surface area contributed by atoms with Gasteiger partial charge in [0.2, 0.25) is 5.88 Å². The van der Waals surface area contributed by atoms with E-state index in [9.17, 15) is 24.0 Å². The Balaban J connectivity index is 0.000000160. The molecule has 0 bridgehead atoms. The van der Waals surface area contributed by atoms with E-state index < -0.39 is 5.56 Å². The number of halogens is 1. The number of benzene rings is 6. The standard InChI is InChI=1S/2C25H21N3O3.C22H15N3O2.C3H7BrO/c1-30-13-14-31-25-24(22(29)12-11-18-15-26-17-27-16-18)23(19-7-3-2-4-8-19)20-9-5-6-10-21(20)28-25;1-31-14-13-28-21-10-6-5-9-20(21)23(19-7-3-2-4-8-19)24(25(28)30)22(29)12-11-18-15-26-17-27-16-18;26-19(11-10-15-12-23-14-24-13-15)21-20(16-6-2-1-3-7-16)17-8-4-5-9-18(17)25-22(21)27;1-5-3-2-4/h2*2-12,15-17H,13-14H2,1H3;1-14H,(H,25,27);2-3H2,1H3/b2*12-11+;11-10+;. The molecule has 1 N–H and O–H groups in total. The number of nitrogens with one attached hydrogen (secondary N) is 1. The van der Waals surface area contributed by atoms with E-state index in [4.69, 9.17) is 14.2 Å². The van der Waals surface area contributed by atoms with Gasteiger partial charge in [-0.25, -0.2) is 34.9 Å². The number of ether oxygens (including phenoxy) is 4. The molecule has 0 unspecified atom stereocenters. The number of para-hydroxylation sites is 3. The number of hydrogen-bond acceptors (Lipinski definition) is 16. The zero-order chi connectivity index (χ0) is 65.9. The Kier molecular flexibility index (Phi) is 24.9. The van der Waals surface area contributed by atoms with Gasteiger partial charge in [0, 0.05) is 125 Å². The van der Waals surface area contributed by atoms with Crippen LogP contribution >= 0.6 is 15.9 Å². The molecule has 470 valence electrons. The van der Waals surface area contributed by atoms with E-state index in [1.54, 1.807) is 81.3 Å². The molecular weight excluding hydrogens is 1250 g/mol. The number of rotatable bonds is 21. The Morgan fingerprint density at radius 1 is 0.457 bits per heavy atom. The van der Waals surface area contributed by atoms with Crippen LogP contribution in [-0.4, -0.2) is 115 Å². The van der Waals surface area contributed by atoms with Crippen LogP contribution in [0.15, 0.2) is 248 Å². The molecule has 0 amide bonds. The summed E-state index contributed by atoms with van der Waals surface area (Å²) in [4.78, 5) is 97.2. The lowest BCUT2D eigenvalue weighted by molar-refractivity contribution is 0.103. The van der Waals surface area contributed by atoms with E-state index in [1.165, 1.54) is 37.2 Å². The summed E-state index contributed by atoms with van der Waals surface area (Å²) in [5.74, 6) is -0.670. The Morgan fingerprint density at radius 2 is 0.872 bits per heavy atom. The molecule has 18 nitrogen and oxygen atoms in total. The highest BCUT2D eigenvalue weighted by atomic mass is 79.9. The number of hydrogen-bond donors (Lipinski definition) is 1. The number of aromatic amines is 1. The third-order valence-corrected chi connectivity index (χ3v) is 14.6. The van der Waals surface area contributed by atoms with Gasteiger partial charge in [-0.2, -0.15) is 0 Å². The lowest BCUT2D eigenvalue weighted by Crippen LogP contribution is -2.29. The summed E-state index contributed by atoms with van der Waals surface area (Å²) in [6.45, 7) is 2.19. The van der Waals surface area contributed by atoms with Crippen LogP contribution in [0.2, 0.25) is 0 Å². The normalized spacial score (nSPS) is 11.0. The van der Waals surface area contributed by atoms with Crippen molar-refractivity contribution in [1.82, 2.24) is 44.4 Å². The van der Waals surface area contributed by atoms with Gasteiger partial charge in [-0.1, -0.05) is 162 Å². The third-order valence-electron chi connectivity index (χ3n) is 14.2. The molecule has 6 heterocycles. The molecule has 0 aliphatic rings. The van der Waals surface area contributed by atoms with E-state index in [2.05, 4.69) is 60.5 Å². The number of aromatic nitrogens is 9. The number of carbonyl (C=O) groups is 3. The number of methoxy groups -OCH3 is 3. The first kappa shape index (κ1) is 67.2. The number of ketones is 3. The number of carbonyl (C=O) groups excluding carboxylic acids is 3. The zero-order valence-electron chi connectivity index (χ0n) is 51.6. The highest BCUT2D eigenvalue weighted by Crippen LogP contribution is 2.38. The van der Waals surface area contributed by atoms with Gasteiger partial charge < -0.3 is 28.5 Å². The smallest absolute Gasteiger partial charge is 0.262 e. The molecule has 0 aliphatic heterocycles. The van der Waals surface area contributed by atoms with Crippen molar-refractivity contribution in [2.24, 2.45) is 0 Å². The first-order valence-electron chi connectivity index (χ1n) is 29.6. The number of H-pyrrole nitrogens is 1. The molecule has 0 aliphatic carbocycles. The van der Waals surface area contributed by atoms with Crippen LogP contribution in [-0.2, 0) is 20.8 Å². The van der Waals surface area contributed by atoms with Gasteiger partial charge in [-0.3, -0.25) is 24.0 Å². The molecule has 0 saturated heterocycles. The molecule has 12 aromatic rings. The average molecular weight is 1320 g/mol. The molecule has 0 atom stereocenters. The van der Waals surface area contributed by atoms with Crippen LogP contribution in [0.3, 0.4) is 0 Å². The van der Waals surface area contributed by atoms with Gasteiger partial charge in [0.25, 0.3) is 11.1 Å². The predicted octanol–water partition coefficient (Wildman–Crippen LogP) is 13.5. The van der Waals surface area contributed by atoms with Gasteiger partial charge in [0.15, 0.2) is 17.3 Å². The van der Waals surface area contributed by atoms with Crippen molar-refractivity contribution in [2.45, 2.75) is 6.54 Å². The van der Waals surface area contributed by atoms with Crippen LogP contribution in [0, 0.1) is 0 Å². The van der Waals surface area contributed by atoms with Crippen LogP contribution in [0.4, 0.5) is 0 Å². The highest BCUT2D eigenvalue weighted by molar-refractivity contribution is 9.09. The molecule has 12 rings (SSSR count). The predicted molar refractivity (Wildman–Crippen MR) is 372 cm³/mol. The molecule has 6 aromatic heterocycles. The molecule has 19 heteroatoms. The molecule has 0 spiro atoms. The fraction of sp³-hybridized carbons (Fsp3) is 0.120. The maximum Gasteiger partial charge on any atom is 0.262 e. The highest BCUT2D eigenvalue weighted by Gasteiger charge is 2.25. The maximum atomic E-state index is 13.6. The fourth-order valence-electron chi connectivity index (χ4n) is 10.0. The zero-order valence-corrected chi connectivity index (χ0v) is 53.2. The van der Waals surface area contributed by atoms with Crippen molar-refractivity contribution >= 4 is 84.2 Å². The van der Waals surface area contributed by atoms with Gasteiger partial charge in [-0.05, 0) is 71.3 Å². The largest absolute Gasteiger partial charge is 0.475 e. The molecule has 0 fully saturated rings. The summed E-state index contributed by atoms with van der Waals surface area (Å²) in [6.07, 6.45) is 23.2. The van der Waals surface area contributed by atoms with Gasteiger partial charge >= 0.3 is 0 Å². The van der Waals surface area contributed by atoms with Crippen molar-refractivity contribution in [3.63, 3.8) is 0 Å². The van der Waals surface area contributed by atoms with Crippen molar-refractivity contribution in [1.29, 1.82) is 0 Å². The van der Waals surface area contributed by atoms with Gasteiger partial charge in [0.05, 0.1) is 47.5 Å². The molecule has 94 heavy (non-hydrogen) atoms. The van der Waals surface area contributed by atoms with E-state index in [0.717, 1.165) is 66.9 Å². The molecule has 6 aromatic carbocycles. The summed E-state index contributed by atoms with van der Waals surface area (Å²) >= 11 is 3.18. The maximum absolute atomic E-state index is 13.6. The minimum Gasteiger partial charge on any atom is -0.475 e. The summed E-state index contributed by atoms with van der Waals surface area (Å²) in [6, 6.07) is 51.6. The van der Waals surface area contributed by atoms with Crippen LogP contribution in [0.5, 0.6) is 5.88 Å². The first-order valence-corrected chi connectivity index (χ1v) is 30.7. The monoisotopic (exact) mass is 1310 g/mol. The van der Waals surface area contributed by atoms with Crippen molar-refractivity contribution in [3.8, 4) is 39.3 Å². The second-order valence-corrected chi connectivity index (χ2v) is 21.2. The summed E-state index contributed by atoms with van der Waals surface area (Å²) < 4.78 is 22.5. The SMILES string of the molecule is COCCBr.COCCOc1nc2ccccc2c(-c2ccccc2)c1C(=O)/C=C/c1cncnc1.COCCn1c(=O)c(C(=O)/C=C/c2cncnc2)c(-c2ccccc2)c2ccccc21.O=C(/C=C/c1cncnc1)c1c(-c2ccccc2)c2ccccc2[nH]c1=O. The Labute approximate surface area is 550 Å². The summed E-state index contributed by atoms with van der Waals surface area (Å²) in [5.41, 5.74) is 8.82. The molecule has 0 saturated carbocycles. The van der Waals surface area contributed by atoms with Crippen molar-refractivity contribution in [2.75, 3.05) is 53.1 Å². The van der Waals surface area contributed by atoms with Crippen molar-refractivity contribution < 1.29 is 33.3 Å². The second kappa shape index (κ2) is 34.8. The van der Waals surface area contributed by atoms with E-state index in [-0.39, 0.29) is 46.5 Å². The molecule has 0 radical (unpaired) electrons. The summed E-state index contributed by atoms with van der Waals surface area (Å²) in [7, 11) is 4.87. The van der Waals surface area contributed by atoms with Crippen molar-refractivity contribution in [3.05, 3.63) is 292 Å². The minimum atomic E-state index is -0.411. The Hall–Kier alpha value is -11.2. The average Bonchev–Trinajstić information content (AvgIpc) is 0.763. The van der Waals surface area contributed by atoms with E-state index in [1.807, 2.05) is 164 Å². The number of pyridine rings is 3. The number of allylic oxidation sites excluding steroid dienone is 3. The van der Waals surface area contributed by atoms with Gasteiger partial charge in [-0.15, -0.1) is 0 Å². The fourth-order valence-corrected chi connectivity index (χ4v) is 10.3. The van der Waals surface area contributed by atoms with Gasteiger partial charge in [0.1, 0.15) is 25.6 Å². The lowest BCUT2D eigenvalue weighted by Gasteiger charge is -2.17. The lowest BCUT2D eigenvalue weighted by atomic mass is 9.93. The minimum absolute atomic E-state index is 0.119. The van der Waals surface area contributed by atoms with Crippen LogP contribution < -0.4 is 15.9 Å². The Morgan fingerprint density at radius 3 is 1.36 bits per heavy atom. The van der Waals surface area contributed by atoms with E-state index >= 15 is 0 Å². The number of alkyl halides is 1. The Bertz CT molecular complexity index is 4710. The quantitative estimate of drug-likeness (QED) is 0.0305. The second-order valence-electron chi connectivity index (χ2n) is 20.4. The van der Waals surface area contributed by atoms with E-state index in [0.29, 0.717) is 53.1 Å². The van der Waals surface area contributed by atoms with Crippen LogP contribution in [0.1, 0.15) is 47.8 Å². The number of nitrogens with zero attached hydrogens (tertiary/aromatic N) is 8. The number of fused-ring (bicyclic) bond motifs is 3. The molecular formula is C75H64BrN9O9. The first-order chi connectivity index (χ1) is 46.1. The topological polar surface area (TPSA) is 233 Å².